The van der Waals surface area contributed by atoms with Crippen LogP contribution in [0, 0.1) is 5.41 Å². The summed E-state index contributed by atoms with van der Waals surface area (Å²) in [7, 11) is 0. The van der Waals surface area contributed by atoms with Gasteiger partial charge in [0.15, 0.2) is 0 Å². The Bertz CT molecular complexity index is 388. The van der Waals surface area contributed by atoms with E-state index in [-0.39, 0.29) is 5.84 Å². The molecule has 0 bridgehead atoms. The molecule has 0 aliphatic carbocycles. The van der Waals surface area contributed by atoms with E-state index in [4.69, 9.17) is 22.6 Å². The van der Waals surface area contributed by atoms with Crippen LogP contribution in [0.25, 0.3) is 0 Å². The summed E-state index contributed by atoms with van der Waals surface area (Å²) in [5.74, 6) is 0.272. The fourth-order valence-corrected chi connectivity index (χ4v) is 0.794. The minimum absolute atomic E-state index is 0.0827. The first-order chi connectivity index (χ1) is 8.02. The van der Waals surface area contributed by atoms with Crippen molar-refractivity contribution in [1.82, 2.24) is 0 Å². The molecule has 0 spiro atoms. The minimum Gasteiger partial charge on any atom is -0.392 e. The number of hydrogen-bond donors (Lipinski definition) is 4. The van der Waals surface area contributed by atoms with E-state index in [1.165, 1.54) is 12.4 Å². The second kappa shape index (κ2) is 9.34. The van der Waals surface area contributed by atoms with E-state index in [0.717, 1.165) is 0 Å². The summed E-state index contributed by atoms with van der Waals surface area (Å²) >= 11 is 3.02. The molecule has 0 aromatic heterocycles. The van der Waals surface area contributed by atoms with Gasteiger partial charge in [-0.05, 0) is 28.4 Å². The maximum atomic E-state index is 6.88. The lowest BCUT2D eigenvalue weighted by atomic mass is 10.3. The van der Waals surface area contributed by atoms with Crippen LogP contribution in [-0.4, -0.2) is 17.9 Å². The van der Waals surface area contributed by atoms with Crippen LogP contribution < -0.4 is 17.2 Å². The number of amidine groups is 2. The number of hydrogen-bond acceptors (Lipinski definition) is 4. The van der Waals surface area contributed by atoms with Crippen LogP contribution in [0.5, 0.6) is 0 Å². The van der Waals surface area contributed by atoms with Crippen molar-refractivity contribution in [3.63, 3.8) is 0 Å². The molecule has 92 valence electrons. The molecule has 0 amide bonds. The zero-order valence-corrected chi connectivity index (χ0v) is 10.8. The quantitative estimate of drug-likeness (QED) is 0.331. The summed E-state index contributed by atoms with van der Waals surface area (Å²) in [4.78, 5) is 7.62. The summed E-state index contributed by atoms with van der Waals surface area (Å²) < 4.78 is 0.410. The highest BCUT2D eigenvalue weighted by Crippen LogP contribution is 1.94. The Kier molecular flexibility index (Phi) is 8.31. The highest BCUT2D eigenvalue weighted by Gasteiger charge is 1.81. The van der Waals surface area contributed by atoms with Gasteiger partial charge in [-0.2, -0.15) is 0 Å². The van der Waals surface area contributed by atoms with Gasteiger partial charge in [-0.15, -0.1) is 0 Å². The van der Waals surface area contributed by atoms with Gasteiger partial charge in [0.1, 0.15) is 11.7 Å². The van der Waals surface area contributed by atoms with Crippen molar-refractivity contribution in [1.29, 1.82) is 5.41 Å². The number of aliphatic imine (C=N–C) groups is 2. The number of allylic oxidation sites excluding steroid dienone is 2. The van der Waals surface area contributed by atoms with Gasteiger partial charge in [-0.1, -0.05) is 12.2 Å². The molecular weight excluding hydrogens is 284 g/mol. The van der Waals surface area contributed by atoms with Crippen LogP contribution in [0.4, 0.5) is 0 Å². The molecule has 7 N–H and O–H groups in total. The number of nitrogens with one attached hydrogen (secondary N) is 1. The van der Waals surface area contributed by atoms with Crippen LogP contribution >= 0.6 is 15.9 Å². The Morgan fingerprint density at radius 3 is 2.53 bits per heavy atom. The summed E-state index contributed by atoms with van der Waals surface area (Å²) in [6, 6.07) is 0. The standard InChI is InChI=1S/C10H15BrN6/c11-8(12)6-17-10(15)4-2-1-3-5-16-7-9(13)14/h2-7H,1,12H2,(H3,13,14)(H2,15,17)/b4-2+,5-3-,8-6-,16-7?. The lowest BCUT2D eigenvalue weighted by molar-refractivity contribution is 1.36. The normalized spacial score (nSPS) is 14.2. The molecule has 0 saturated carbocycles. The Balaban J connectivity index is 4.00. The Labute approximate surface area is 108 Å². The van der Waals surface area contributed by atoms with E-state index in [1.807, 2.05) is 6.08 Å². The van der Waals surface area contributed by atoms with Crippen molar-refractivity contribution < 1.29 is 0 Å². The minimum atomic E-state index is -0.0827. The van der Waals surface area contributed by atoms with Crippen molar-refractivity contribution in [2.24, 2.45) is 27.2 Å². The van der Waals surface area contributed by atoms with Crippen molar-refractivity contribution in [3.05, 3.63) is 35.2 Å². The predicted octanol–water partition coefficient (Wildman–Crippen LogP) is 0.963. The van der Waals surface area contributed by atoms with Gasteiger partial charge in [-0.3, -0.25) is 10.4 Å². The Morgan fingerprint density at radius 1 is 1.24 bits per heavy atom. The van der Waals surface area contributed by atoms with Crippen molar-refractivity contribution in [2.45, 2.75) is 6.42 Å². The van der Waals surface area contributed by atoms with Gasteiger partial charge in [0.05, 0.1) is 17.0 Å². The molecule has 0 radical (unpaired) electrons. The van der Waals surface area contributed by atoms with Crippen LogP contribution in [0.15, 0.2) is 45.2 Å². The number of nitrogens with two attached hydrogens (primary N) is 3. The second-order valence-electron chi connectivity index (χ2n) is 2.82. The lowest BCUT2D eigenvalue weighted by Gasteiger charge is -1.88. The van der Waals surface area contributed by atoms with Gasteiger partial charge in [0.25, 0.3) is 0 Å². The van der Waals surface area contributed by atoms with Gasteiger partial charge < -0.3 is 17.2 Å². The fourth-order valence-electron chi connectivity index (χ4n) is 0.692. The first-order valence-electron chi connectivity index (χ1n) is 4.65. The highest BCUT2D eigenvalue weighted by atomic mass is 79.9. The molecule has 0 heterocycles. The number of halogens is 1. The molecule has 0 unspecified atom stereocenters. The zero-order chi connectivity index (χ0) is 13.1. The molecule has 0 fully saturated rings. The van der Waals surface area contributed by atoms with Crippen molar-refractivity contribution >= 4 is 33.8 Å². The first kappa shape index (κ1) is 15.1. The summed E-state index contributed by atoms with van der Waals surface area (Å²) in [6.07, 6.45) is 10.1. The third-order valence-corrected chi connectivity index (χ3v) is 1.51. The molecule has 6 nitrogen and oxygen atoms in total. The van der Waals surface area contributed by atoms with Crippen LogP contribution in [-0.2, 0) is 0 Å². The van der Waals surface area contributed by atoms with Crippen molar-refractivity contribution in [3.8, 4) is 0 Å². The van der Waals surface area contributed by atoms with Crippen LogP contribution in [0.2, 0.25) is 0 Å². The highest BCUT2D eigenvalue weighted by molar-refractivity contribution is 9.11. The largest absolute Gasteiger partial charge is 0.392 e. The van der Waals surface area contributed by atoms with Crippen molar-refractivity contribution in [2.75, 3.05) is 0 Å². The third kappa shape index (κ3) is 12.0. The Morgan fingerprint density at radius 2 is 1.94 bits per heavy atom. The molecule has 7 heteroatoms. The molecule has 0 aliphatic rings. The summed E-state index contributed by atoms with van der Waals surface area (Å²) in [5, 5.41) is 6.88. The fraction of sp³-hybridized carbons (Fsp3) is 0.100. The molecule has 0 aliphatic heterocycles. The monoisotopic (exact) mass is 298 g/mol. The molecule has 0 saturated heterocycles. The first-order valence-corrected chi connectivity index (χ1v) is 5.45. The topological polar surface area (TPSA) is 127 Å². The summed E-state index contributed by atoms with van der Waals surface area (Å²) in [5.41, 5.74) is 15.9. The van der Waals surface area contributed by atoms with Gasteiger partial charge in [0, 0.05) is 6.20 Å². The third-order valence-electron chi connectivity index (χ3n) is 1.30. The van der Waals surface area contributed by atoms with Gasteiger partial charge in [-0.25, -0.2) is 4.99 Å². The van der Waals surface area contributed by atoms with Crippen LogP contribution in [0.3, 0.4) is 0 Å². The average Bonchev–Trinajstić information content (AvgIpc) is 2.24. The summed E-state index contributed by atoms with van der Waals surface area (Å²) in [6.45, 7) is 0. The van der Waals surface area contributed by atoms with E-state index in [9.17, 15) is 0 Å². The zero-order valence-electron chi connectivity index (χ0n) is 9.18. The van der Waals surface area contributed by atoms with E-state index in [2.05, 4.69) is 25.9 Å². The van der Waals surface area contributed by atoms with Crippen LogP contribution in [0.1, 0.15) is 6.42 Å². The molecular formula is C10H15BrN6. The van der Waals surface area contributed by atoms with Gasteiger partial charge >= 0.3 is 0 Å². The number of nitrogens with zero attached hydrogens (tertiary/aromatic N) is 2. The maximum Gasteiger partial charge on any atom is 0.134 e. The number of rotatable bonds is 6. The van der Waals surface area contributed by atoms with E-state index < -0.39 is 0 Å². The molecule has 0 atom stereocenters. The molecule has 0 aromatic rings. The predicted molar refractivity (Wildman–Crippen MR) is 76.1 cm³/mol. The molecule has 0 rings (SSSR count). The molecule has 0 aromatic carbocycles. The van der Waals surface area contributed by atoms with E-state index >= 15 is 0 Å². The Hall–Kier alpha value is -1.89. The lowest BCUT2D eigenvalue weighted by Crippen LogP contribution is -2.09. The van der Waals surface area contributed by atoms with E-state index in [1.54, 1.807) is 18.4 Å². The average molecular weight is 299 g/mol. The van der Waals surface area contributed by atoms with Gasteiger partial charge in [0.2, 0.25) is 0 Å². The van der Waals surface area contributed by atoms with E-state index in [0.29, 0.717) is 16.9 Å². The smallest absolute Gasteiger partial charge is 0.134 e. The maximum absolute atomic E-state index is 6.88. The SMILES string of the molecule is N=C(N)C=N/C=C\C/C=C/C(N)=N/C=C(\N)Br. The second-order valence-corrected chi connectivity index (χ2v) is 3.74. The molecule has 17 heavy (non-hydrogen) atoms.